The van der Waals surface area contributed by atoms with Gasteiger partial charge in [0.25, 0.3) is 5.91 Å². The lowest BCUT2D eigenvalue weighted by Gasteiger charge is -2.24. The molecule has 1 saturated heterocycles. The predicted octanol–water partition coefficient (Wildman–Crippen LogP) is 1.55. The van der Waals surface area contributed by atoms with Gasteiger partial charge >= 0.3 is 5.97 Å². The summed E-state index contributed by atoms with van der Waals surface area (Å²) >= 11 is 1.23. The van der Waals surface area contributed by atoms with E-state index in [1.54, 1.807) is 17.2 Å². The molecule has 7 heteroatoms. The fraction of sp³-hybridized carbons (Fsp3) is 0.615. The lowest BCUT2D eigenvalue weighted by atomic mass is 10.2. The number of carbonyl (C=O) groups excluding carboxylic acids is 1. The maximum absolute atomic E-state index is 12.5. The summed E-state index contributed by atoms with van der Waals surface area (Å²) in [5.41, 5.74) is 1.24. The highest BCUT2D eigenvalue weighted by Crippen LogP contribution is 2.17. The van der Waals surface area contributed by atoms with Crippen LogP contribution in [0, 0.1) is 6.92 Å². The summed E-state index contributed by atoms with van der Waals surface area (Å²) in [6.45, 7) is 3.14. The molecule has 1 aromatic heterocycles. The maximum atomic E-state index is 12.5. The topological polar surface area (TPSA) is 79.7 Å². The van der Waals surface area contributed by atoms with E-state index in [9.17, 15) is 9.59 Å². The number of amides is 1. The molecule has 1 aromatic rings. The molecule has 0 bridgehead atoms. The minimum Gasteiger partial charge on any atom is -0.481 e. The summed E-state index contributed by atoms with van der Waals surface area (Å²) in [5, 5.41) is 10.5. The molecule has 0 saturated carbocycles. The molecule has 1 amide bonds. The molecule has 20 heavy (non-hydrogen) atoms. The van der Waals surface area contributed by atoms with Gasteiger partial charge in [0.15, 0.2) is 0 Å². The van der Waals surface area contributed by atoms with Crippen molar-refractivity contribution in [1.82, 2.24) is 9.27 Å². The van der Waals surface area contributed by atoms with Gasteiger partial charge in [0, 0.05) is 25.1 Å². The normalized spacial score (nSPS) is 18.1. The highest BCUT2D eigenvalue weighted by Gasteiger charge is 2.25. The number of carboxylic acid groups (broad SMARTS) is 1. The third-order valence-corrected chi connectivity index (χ3v) is 4.03. The van der Waals surface area contributed by atoms with Gasteiger partial charge in [-0.05, 0) is 31.3 Å². The Labute approximate surface area is 121 Å². The van der Waals surface area contributed by atoms with Crippen molar-refractivity contribution in [2.24, 2.45) is 0 Å². The van der Waals surface area contributed by atoms with Crippen molar-refractivity contribution in [2.75, 3.05) is 19.7 Å². The van der Waals surface area contributed by atoms with E-state index in [1.807, 2.05) is 0 Å². The first kappa shape index (κ1) is 14.9. The van der Waals surface area contributed by atoms with Crippen molar-refractivity contribution < 1.29 is 19.4 Å². The minimum absolute atomic E-state index is 0.0136. The van der Waals surface area contributed by atoms with E-state index in [-0.39, 0.29) is 25.0 Å². The molecular formula is C13H18N2O4S. The Bertz CT molecular complexity index is 482. The van der Waals surface area contributed by atoms with E-state index >= 15 is 0 Å². The summed E-state index contributed by atoms with van der Waals surface area (Å²) in [7, 11) is 0. The number of aromatic nitrogens is 1. The quantitative estimate of drug-likeness (QED) is 0.862. The molecular weight excluding hydrogens is 280 g/mol. The van der Waals surface area contributed by atoms with E-state index in [2.05, 4.69) is 4.37 Å². The zero-order chi connectivity index (χ0) is 14.5. The Morgan fingerprint density at radius 2 is 2.40 bits per heavy atom. The average molecular weight is 298 g/mol. The van der Waals surface area contributed by atoms with E-state index in [0.717, 1.165) is 12.8 Å². The molecule has 1 atom stereocenters. The molecule has 1 unspecified atom stereocenters. The number of aliphatic carboxylic acids is 1. The van der Waals surface area contributed by atoms with Crippen LogP contribution in [0.15, 0.2) is 5.38 Å². The Morgan fingerprint density at radius 3 is 2.95 bits per heavy atom. The molecule has 1 fully saturated rings. The fourth-order valence-corrected chi connectivity index (χ4v) is 2.89. The molecule has 1 N–H and O–H groups in total. The summed E-state index contributed by atoms with van der Waals surface area (Å²) in [6, 6.07) is 0. The first-order valence-corrected chi connectivity index (χ1v) is 7.45. The van der Waals surface area contributed by atoms with Crippen molar-refractivity contribution in [3.8, 4) is 0 Å². The second-order valence-electron chi connectivity index (χ2n) is 4.84. The van der Waals surface area contributed by atoms with Crippen LogP contribution < -0.4 is 0 Å². The van der Waals surface area contributed by atoms with Crippen LogP contribution in [0.4, 0.5) is 0 Å². The van der Waals surface area contributed by atoms with Gasteiger partial charge in [0.1, 0.15) is 0 Å². The first-order chi connectivity index (χ1) is 9.58. The van der Waals surface area contributed by atoms with Crippen LogP contribution >= 0.6 is 11.5 Å². The monoisotopic (exact) mass is 298 g/mol. The molecule has 1 aliphatic heterocycles. The van der Waals surface area contributed by atoms with Gasteiger partial charge in [-0.25, -0.2) is 0 Å². The Hall–Kier alpha value is -1.47. The smallest absolute Gasteiger partial charge is 0.305 e. The van der Waals surface area contributed by atoms with E-state index < -0.39 is 5.97 Å². The van der Waals surface area contributed by atoms with Crippen LogP contribution in [0.5, 0.6) is 0 Å². The Kier molecular flexibility index (Phi) is 5.08. The van der Waals surface area contributed by atoms with Crippen molar-refractivity contribution in [3.63, 3.8) is 0 Å². The lowest BCUT2D eigenvalue weighted by Crippen LogP contribution is -2.38. The van der Waals surface area contributed by atoms with Crippen LogP contribution in [0.2, 0.25) is 0 Å². The maximum Gasteiger partial charge on any atom is 0.305 e. The molecule has 2 heterocycles. The molecule has 6 nitrogen and oxygen atoms in total. The minimum atomic E-state index is -0.907. The SMILES string of the molecule is Cc1nscc1C(=O)N(CCC(=O)O)CC1CCCO1. The van der Waals surface area contributed by atoms with E-state index in [0.29, 0.717) is 24.4 Å². The second-order valence-corrected chi connectivity index (χ2v) is 5.47. The standard InChI is InChI=1S/C13H18N2O4S/c1-9-11(8-20-14-9)13(18)15(5-4-12(16)17)7-10-3-2-6-19-10/h8,10H,2-7H2,1H3,(H,16,17). The number of hydrogen-bond acceptors (Lipinski definition) is 5. The van der Waals surface area contributed by atoms with Crippen LogP contribution in [0.3, 0.4) is 0 Å². The number of carboxylic acids is 1. The largest absolute Gasteiger partial charge is 0.481 e. The summed E-state index contributed by atoms with van der Waals surface area (Å²) in [6.07, 6.45) is 1.86. The molecule has 110 valence electrons. The predicted molar refractivity (Wildman–Crippen MR) is 74.0 cm³/mol. The van der Waals surface area contributed by atoms with Gasteiger partial charge in [-0.3, -0.25) is 9.59 Å². The Morgan fingerprint density at radius 1 is 1.60 bits per heavy atom. The number of carbonyl (C=O) groups is 2. The van der Waals surface area contributed by atoms with Crippen LogP contribution in [0.25, 0.3) is 0 Å². The lowest BCUT2D eigenvalue weighted by molar-refractivity contribution is -0.137. The van der Waals surface area contributed by atoms with Gasteiger partial charge in [-0.2, -0.15) is 4.37 Å². The van der Waals surface area contributed by atoms with E-state index in [1.165, 1.54) is 11.5 Å². The van der Waals surface area contributed by atoms with Crippen molar-refractivity contribution in [2.45, 2.75) is 32.3 Å². The number of hydrogen-bond donors (Lipinski definition) is 1. The number of aryl methyl sites for hydroxylation is 1. The van der Waals surface area contributed by atoms with Gasteiger partial charge < -0.3 is 14.7 Å². The molecule has 0 aliphatic carbocycles. The number of rotatable bonds is 6. The summed E-state index contributed by atoms with van der Waals surface area (Å²) in [4.78, 5) is 24.8. The zero-order valence-electron chi connectivity index (χ0n) is 11.4. The molecule has 0 spiro atoms. The van der Waals surface area contributed by atoms with Gasteiger partial charge in [-0.15, -0.1) is 0 Å². The van der Waals surface area contributed by atoms with E-state index in [4.69, 9.17) is 9.84 Å². The van der Waals surface area contributed by atoms with Crippen molar-refractivity contribution >= 4 is 23.4 Å². The van der Waals surface area contributed by atoms with Gasteiger partial charge in [0.2, 0.25) is 0 Å². The second kappa shape index (κ2) is 6.81. The van der Waals surface area contributed by atoms with Gasteiger partial charge in [-0.1, -0.05) is 0 Å². The third-order valence-electron chi connectivity index (χ3n) is 3.31. The van der Waals surface area contributed by atoms with Crippen molar-refractivity contribution in [3.05, 3.63) is 16.6 Å². The molecule has 1 aliphatic rings. The first-order valence-electron chi connectivity index (χ1n) is 6.61. The highest BCUT2D eigenvalue weighted by atomic mass is 32.1. The van der Waals surface area contributed by atoms with Crippen LogP contribution in [0.1, 0.15) is 35.3 Å². The highest BCUT2D eigenvalue weighted by molar-refractivity contribution is 7.03. The zero-order valence-corrected chi connectivity index (χ0v) is 12.2. The summed E-state index contributed by atoms with van der Waals surface area (Å²) < 4.78 is 9.63. The molecule has 0 aromatic carbocycles. The summed E-state index contributed by atoms with van der Waals surface area (Å²) in [5.74, 6) is -1.07. The van der Waals surface area contributed by atoms with Crippen LogP contribution in [-0.2, 0) is 9.53 Å². The fourth-order valence-electron chi connectivity index (χ4n) is 2.21. The third kappa shape index (κ3) is 3.77. The van der Waals surface area contributed by atoms with Crippen LogP contribution in [-0.4, -0.2) is 52.1 Å². The average Bonchev–Trinajstić information content (AvgIpc) is 3.04. The van der Waals surface area contributed by atoms with Crippen molar-refractivity contribution in [1.29, 1.82) is 0 Å². The molecule has 0 radical (unpaired) electrons. The number of ether oxygens (including phenoxy) is 1. The number of nitrogens with zero attached hydrogens (tertiary/aromatic N) is 2. The molecule has 2 rings (SSSR count). The Balaban J connectivity index is 2.05. The van der Waals surface area contributed by atoms with Gasteiger partial charge in [0.05, 0.1) is 23.8 Å².